The normalized spacial score (nSPS) is 15.2. The molecule has 1 aromatic heterocycles. The second kappa shape index (κ2) is 7.76. The maximum Gasteiger partial charge on any atom is 0.238 e. The second-order valence-corrected chi connectivity index (χ2v) is 6.34. The molecule has 0 saturated carbocycles. The molecule has 1 fully saturated rings. The van der Waals surface area contributed by atoms with Crippen LogP contribution in [0.4, 0.5) is 15.9 Å². The third-order valence-electron chi connectivity index (χ3n) is 4.10. The quantitative estimate of drug-likeness (QED) is 0.903. The van der Waals surface area contributed by atoms with Crippen LogP contribution in [0.3, 0.4) is 0 Å². The summed E-state index contributed by atoms with van der Waals surface area (Å²) in [4.78, 5) is 25.0. The van der Waals surface area contributed by atoms with E-state index in [1.54, 1.807) is 12.4 Å². The van der Waals surface area contributed by atoms with Gasteiger partial charge in [0.05, 0.1) is 17.9 Å². The molecule has 3 rings (SSSR count). The van der Waals surface area contributed by atoms with Gasteiger partial charge in [0.15, 0.2) is 0 Å². The number of nitrogens with one attached hydrogen (secondary N) is 1. The van der Waals surface area contributed by atoms with Crippen molar-refractivity contribution in [3.8, 4) is 0 Å². The monoisotopic (exact) mass is 363 g/mol. The molecule has 1 saturated heterocycles. The number of nitrogens with zero attached hydrogens (tertiary/aromatic N) is 4. The average molecular weight is 364 g/mol. The lowest BCUT2D eigenvalue weighted by Crippen LogP contribution is -2.49. The summed E-state index contributed by atoms with van der Waals surface area (Å²) in [6, 6.07) is 4.09. The van der Waals surface area contributed by atoms with Gasteiger partial charge in [0.2, 0.25) is 5.91 Å². The number of halogens is 2. The molecule has 6 nitrogen and oxygen atoms in total. The molecule has 132 valence electrons. The van der Waals surface area contributed by atoms with E-state index in [1.807, 2.05) is 11.8 Å². The lowest BCUT2D eigenvalue weighted by atomic mass is 10.2. The van der Waals surface area contributed by atoms with Crippen LogP contribution in [0.5, 0.6) is 0 Å². The van der Waals surface area contributed by atoms with Gasteiger partial charge in [-0.3, -0.25) is 14.7 Å². The Bertz CT molecular complexity index is 764. The Balaban J connectivity index is 1.53. The predicted molar refractivity (Wildman–Crippen MR) is 95.5 cm³/mol. The van der Waals surface area contributed by atoms with Gasteiger partial charge in [0, 0.05) is 43.6 Å². The van der Waals surface area contributed by atoms with Crippen molar-refractivity contribution in [3.05, 3.63) is 47.1 Å². The van der Waals surface area contributed by atoms with Crippen molar-refractivity contribution in [1.29, 1.82) is 0 Å². The van der Waals surface area contributed by atoms with E-state index in [0.717, 1.165) is 37.7 Å². The van der Waals surface area contributed by atoms with E-state index in [-0.39, 0.29) is 18.1 Å². The average Bonchev–Trinajstić information content (AvgIpc) is 2.59. The first-order chi connectivity index (χ1) is 12.0. The zero-order valence-electron chi connectivity index (χ0n) is 13.9. The number of amides is 1. The van der Waals surface area contributed by atoms with Crippen LogP contribution >= 0.6 is 11.6 Å². The first-order valence-electron chi connectivity index (χ1n) is 8.03. The highest BCUT2D eigenvalue weighted by Gasteiger charge is 2.21. The van der Waals surface area contributed by atoms with E-state index in [4.69, 9.17) is 11.6 Å². The minimum Gasteiger partial charge on any atom is -0.353 e. The van der Waals surface area contributed by atoms with E-state index in [0.29, 0.717) is 5.02 Å². The standard InChI is InChI=1S/C17H19ClFN5O/c1-12-17(21-5-4-20-12)24-8-6-23(7-9-24)11-16(25)22-15-10-13(18)2-3-14(15)19/h2-5,10H,6-9,11H2,1H3,(H,22,25). The van der Waals surface area contributed by atoms with Crippen LogP contribution in [0.1, 0.15) is 5.69 Å². The first kappa shape index (κ1) is 17.6. The Morgan fingerprint density at radius 3 is 2.68 bits per heavy atom. The Morgan fingerprint density at radius 1 is 1.24 bits per heavy atom. The number of anilines is 2. The molecule has 2 aromatic rings. The number of hydrogen-bond acceptors (Lipinski definition) is 5. The molecule has 25 heavy (non-hydrogen) atoms. The van der Waals surface area contributed by atoms with Gasteiger partial charge in [0.25, 0.3) is 0 Å². The summed E-state index contributed by atoms with van der Waals surface area (Å²) in [7, 11) is 0. The van der Waals surface area contributed by atoms with Crippen molar-refractivity contribution in [2.24, 2.45) is 0 Å². The highest BCUT2D eigenvalue weighted by molar-refractivity contribution is 6.30. The number of rotatable bonds is 4. The van der Waals surface area contributed by atoms with Crippen LogP contribution < -0.4 is 10.2 Å². The number of hydrogen-bond donors (Lipinski definition) is 1. The number of aromatic nitrogens is 2. The summed E-state index contributed by atoms with van der Waals surface area (Å²) < 4.78 is 13.7. The minimum absolute atomic E-state index is 0.103. The predicted octanol–water partition coefficient (Wildman–Crippen LogP) is 2.34. The van der Waals surface area contributed by atoms with Crippen molar-refractivity contribution in [3.63, 3.8) is 0 Å². The fourth-order valence-corrected chi connectivity index (χ4v) is 2.99. The molecule has 8 heteroatoms. The van der Waals surface area contributed by atoms with Gasteiger partial charge in [-0.2, -0.15) is 0 Å². The molecule has 0 aliphatic carbocycles. The molecule has 1 aliphatic rings. The van der Waals surface area contributed by atoms with Crippen molar-refractivity contribution in [2.75, 3.05) is 42.9 Å². The zero-order chi connectivity index (χ0) is 17.8. The number of carbonyl (C=O) groups excluding carboxylic acids is 1. The second-order valence-electron chi connectivity index (χ2n) is 5.90. The molecule has 1 N–H and O–H groups in total. The Hall–Kier alpha value is -2.25. The van der Waals surface area contributed by atoms with E-state index in [9.17, 15) is 9.18 Å². The minimum atomic E-state index is -0.499. The van der Waals surface area contributed by atoms with Crippen LogP contribution in [-0.4, -0.2) is 53.5 Å². The summed E-state index contributed by atoms with van der Waals surface area (Å²) in [5, 5.41) is 2.95. The van der Waals surface area contributed by atoms with Crippen LogP contribution in [0.25, 0.3) is 0 Å². The fraction of sp³-hybridized carbons (Fsp3) is 0.353. The molecule has 1 aromatic carbocycles. The SMILES string of the molecule is Cc1nccnc1N1CCN(CC(=O)Nc2cc(Cl)ccc2F)CC1. The van der Waals surface area contributed by atoms with E-state index >= 15 is 0 Å². The van der Waals surface area contributed by atoms with E-state index < -0.39 is 5.82 Å². The maximum atomic E-state index is 13.7. The zero-order valence-corrected chi connectivity index (χ0v) is 14.6. The van der Waals surface area contributed by atoms with Gasteiger partial charge in [-0.05, 0) is 25.1 Å². The summed E-state index contributed by atoms with van der Waals surface area (Å²) in [5.41, 5.74) is 0.997. The van der Waals surface area contributed by atoms with Gasteiger partial charge in [0.1, 0.15) is 11.6 Å². The Morgan fingerprint density at radius 2 is 1.96 bits per heavy atom. The van der Waals surface area contributed by atoms with Crippen molar-refractivity contribution in [2.45, 2.75) is 6.92 Å². The lowest BCUT2D eigenvalue weighted by molar-refractivity contribution is -0.117. The number of piperazine rings is 1. The molecule has 0 atom stereocenters. The van der Waals surface area contributed by atoms with Gasteiger partial charge in [-0.1, -0.05) is 11.6 Å². The smallest absolute Gasteiger partial charge is 0.238 e. The van der Waals surface area contributed by atoms with Gasteiger partial charge in [-0.25, -0.2) is 9.37 Å². The highest BCUT2D eigenvalue weighted by atomic mass is 35.5. The number of benzene rings is 1. The van der Waals surface area contributed by atoms with E-state index in [2.05, 4.69) is 20.2 Å². The molecule has 1 amide bonds. The lowest BCUT2D eigenvalue weighted by Gasteiger charge is -2.35. The van der Waals surface area contributed by atoms with Gasteiger partial charge in [-0.15, -0.1) is 0 Å². The number of carbonyl (C=O) groups is 1. The largest absolute Gasteiger partial charge is 0.353 e. The molecule has 2 heterocycles. The summed E-state index contributed by atoms with van der Waals surface area (Å²) in [5.74, 6) is 0.124. The molecule has 0 unspecified atom stereocenters. The van der Waals surface area contributed by atoms with Gasteiger partial charge < -0.3 is 10.2 Å². The van der Waals surface area contributed by atoms with E-state index in [1.165, 1.54) is 18.2 Å². The Kier molecular flexibility index (Phi) is 5.45. The fourth-order valence-electron chi connectivity index (χ4n) is 2.81. The van der Waals surface area contributed by atoms with Crippen LogP contribution in [0.15, 0.2) is 30.6 Å². The molecular weight excluding hydrogens is 345 g/mol. The summed E-state index contributed by atoms with van der Waals surface area (Å²) >= 11 is 5.83. The number of aryl methyl sites for hydroxylation is 1. The first-order valence-corrected chi connectivity index (χ1v) is 8.40. The molecule has 0 radical (unpaired) electrons. The summed E-state index contributed by atoms with van der Waals surface area (Å²) in [6.45, 7) is 5.11. The van der Waals surface area contributed by atoms with Gasteiger partial charge >= 0.3 is 0 Å². The summed E-state index contributed by atoms with van der Waals surface area (Å²) in [6.07, 6.45) is 3.36. The molecular formula is C17H19ClFN5O. The topological polar surface area (TPSA) is 61.4 Å². The Labute approximate surface area is 150 Å². The van der Waals surface area contributed by atoms with Crippen LogP contribution in [0.2, 0.25) is 5.02 Å². The third kappa shape index (κ3) is 4.43. The van der Waals surface area contributed by atoms with Crippen molar-refractivity contribution in [1.82, 2.24) is 14.9 Å². The van der Waals surface area contributed by atoms with Crippen LogP contribution in [-0.2, 0) is 4.79 Å². The van der Waals surface area contributed by atoms with Crippen molar-refractivity contribution >= 4 is 29.0 Å². The molecule has 0 bridgehead atoms. The van der Waals surface area contributed by atoms with Crippen LogP contribution in [0, 0.1) is 12.7 Å². The third-order valence-corrected chi connectivity index (χ3v) is 4.33. The molecule has 0 spiro atoms. The maximum absolute atomic E-state index is 13.7. The highest BCUT2D eigenvalue weighted by Crippen LogP contribution is 2.20. The molecule has 1 aliphatic heterocycles. The van der Waals surface area contributed by atoms with Crippen molar-refractivity contribution < 1.29 is 9.18 Å².